The van der Waals surface area contributed by atoms with Gasteiger partial charge in [0.25, 0.3) is 5.92 Å². The lowest BCUT2D eigenvalue weighted by atomic mass is 9.97. The second-order valence-corrected chi connectivity index (χ2v) is 6.80. The van der Waals surface area contributed by atoms with Crippen molar-refractivity contribution in [1.82, 2.24) is 15.1 Å². The van der Waals surface area contributed by atoms with Gasteiger partial charge < -0.3 is 15.1 Å². The first kappa shape index (κ1) is 20.1. The molecule has 26 heavy (non-hydrogen) atoms. The van der Waals surface area contributed by atoms with E-state index < -0.39 is 5.92 Å². The molecule has 0 atom stereocenters. The van der Waals surface area contributed by atoms with Crippen LogP contribution in [0.15, 0.2) is 47.9 Å². The summed E-state index contributed by atoms with van der Waals surface area (Å²) in [6.07, 6.45) is 3.47. The Balaban J connectivity index is 2.25. The van der Waals surface area contributed by atoms with Gasteiger partial charge in [0.1, 0.15) is 5.84 Å². The summed E-state index contributed by atoms with van der Waals surface area (Å²) < 4.78 is 27.7. The number of aliphatic imine (C=N–C) groups is 1. The first-order valence-corrected chi connectivity index (χ1v) is 8.77. The van der Waals surface area contributed by atoms with Crippen molar-refractivity contribution in [2.24, 2.45) is 4.99 Å². The van der Waals surface area contributed by atoms with Crippen molar-refractivity contribution < 1.29 is 8.78 Å². The summed E-state index contributed by atoms with van der Waals surface area (Å²) >= 11 is 0. The van der Waals surface area contributed by atoms with Gasteiger partial charge in [0, 0.05) is 62.3 Å². The molecule has 1 aliphatic heterocycles. The molecule has 4 nitrogen and oxygen atoms in total. The zero-order chi connectivity index (χ0) is 19.3. The van der Waals surface area contributed by atoms with E-state index in [4.69, 9.17) is 0 Å². The number of nitrogens with zero attached hydrogens (tertiary/aromatic N) is 3. The molecule has 0 aromatic heterocycles. The third-order valence-electron chi connectivity index (χ3n) is 4.51. The predicted octanol–water partition coefficient (Wildman–Crippen LogP) is 3.70. The topological polar surface area (TPSA) is 30.9 Å². The summed E-state index contributed by atoms with van der Waals surface area (Å²) in [5.41, 5.74) is 2.08. The summed E-state index contributed by atoms with van der Waals surface area (Å²) in [5, 5.41) is 3.25. The first-order chi connectivity index (χ1) is 12.2. The Morgan fingerprint density at radius 2 is 1.92 bits per heavy atom. The molecule has 1 aromatic carbocycles. The second-order valence-electron chi connectivity index (χ2n) is 6.80. The molecule has 0 unspecified atom stereocenters. The van der Waals surface area contributed by atoms with Crippen LogP contribution in [0, 0.1) is 6.92 Å². The number of benzene rings is 1. The summed E-state index contributed by atoms with van der Waals surface area (Å²) in [5.74, 6) is -2.38. The summed E-state index contributed by atoms with van der Waals surface area (Å²) in [6.45, 7) is 12.2. The van der Waals surface area contributed by atoms with Crippen LogP contribution in [0.3, 0.4) is 0 Å². The molecule has 1 saturated heterocycles. The molecule has 6 heteroatoms. The van der Waals surface area contributed by atoms with Gasteiger partial charge in [-0.2, -0.15) is 0 Å². The van der Waals surface area contributed by atoms with E-state index in [1.54, 1.807) is 19.1 Å². The Morgan fingerprint density at radius 1 is 1.27 bits per heavy atom. The zero-order valence-corrected chi connectivity index (χ0v) is 16.0. The third kappa shape index (κ3) is 5.14. The van der Waals surface area contributed by atoms with E-state index in [1.165, 1.54) is 12.3 Å². The fourth-order valence-corrected chi connectivity index (χ4v) is 3.07. The van der Waals surface area contributed by atoms with Gasteiger partial charge in [0.2, 0.25) is 0 Å². The Labute approximate surface area is 154 Å². The van der Waals surface area contributed by atoms with Gasteiger partial charge >= 0.3 is 0 Å². The molecule has 142 valence electrons. The van der Waals surface area contributed by atoms with Crippen LogP contribution in [0.4, 0.5) is 8.78 Å². The highest BCUT2D eigenvalue weighted by Gasteiger charge is 2.27. The Bertz CT molecular complexity index is 696. The quantitative estimate of drug-likeness (QED) is 0.640. The van der Waals surface area contributed by atoms with Crippen molar-refractivity contribution in [1.29, 1.82) is 0 Å². The number of allylic oxidation sites excluding steroid dienone is 1. The largest absolute Gasteiger partial charge is 0.373 e. The van der Waals surface area contributed by atoms with Crippen LogP contribution < -0.4 is 5.32 Å². The van der Waals surface area contributed by atoms with Crippen molar-refractivity contribution in [2.75, 3.05) is 33.2 Å². The van der Waals surface area contributed by atoms with E-state index in [0.717, 1.165) is 38.8 Å². The standard InChI is InChI=1S/C20H28F2N4/c1-6-23-19(17-8-7-9-18(16(17)3)20(4,21)22)24-15(2)14-26-12-10-25(5)11-13-26/h6-9,14H,1,10-13H2,2-5H3,(H,23,24)/b15-14+. The number of hydrogen-bond donors (Lipinski definition) is 1. The number of piperazine rings is 1. The summed E-state index contributed by atoms with van der Waals surface area (Å²) in [7, 11) is 2.11. The van der Waals surface area contributed by atoms with Crippen molar-refractivity contribution in [3.63, 3.8) is 0 Å². The average Bonchev–Trinajstić information content (AvgIpc) is 2.56. The smallest absolute Gasteiger partial charge is 0.270 e. The number of amidine groups is 1. The highest BCUT2D eigenvalue weighted by Crippen LogP contribution is 2.31. The predicted molar refractivity (Wildman–Crippen MR) is 103 cm³/mol. The molecule has 0 saturated carbocycles. The number of rotatable bonds is 5. The number of halogens is 2. The van der Waals surface area contributed by atoms with E-state index >= 15 is 0 Å². The molecule has 1 aromatic rings. The number of likely N-dealkylation sites (N-methyl/N-ethyl adjacent to an activating group) is 1. The normalized spacial score (nSPS) is 17.4. The zero-order valence-electron chi connectivity index (χ0n) is 16.0. The molecule has 1 fully saturated rings. The van der Waals surface area contributed by atoms with E-state index in [0.29, 0.717) is 17.0 Å². The van der Waals surface area contributed by atoms with Gasteiger partial charge in [-0.25, -0.2) is 13.8 Å². The van der Waals surface area contributed by atoms with Crippen LogP contribution in [-0.2, 0) is 5.92 Å². The van der Waals surface area contributed by atoms with Crippen LogP contribution in [0.2, 0.25) is 0 Å². The Hall–Kier alpha value is -2.21. The van der Waals surface area contributed by atoms with Crippen LogP contribution in [-0.4, -0.2) is 48.9 Å². The molecule has 1 aliphatic rings. The molecule has 0 spiro atoms. The molecule has 0 bridgehead atoms. The maximum Gasteiger partial charge on any atom is 0.270 e. The van der Waals surface area contributed by atoms with Gasteiger partial charge in [-0.05, 0) is 26.5 Å². The van der Waals surface area contributed by atoms with Crippen molar-refractivity contribution in [3.05, 3.63) is 59.6 Å². The van der Waals surface area contributed by atoms with Crippen molar-refractivity contribution >= 4 is 5.84 Å². The second kappa shape index (κ2) is 8.45. The average molecular weight is 362 g/mol. The Morgan fingerprint density at radius 3 is 2.50 bits per heavy atom. The van der Waals surface area contributed by atoms with Gasteiger partial charge in [-0.3, -0.25) is 0 Å². The van der Waals surface area contributed by atoms with E-state index in [1.807, 2.05) is 6.92 Å². The number of hydrogen-bond acceptors (Lipinski definition) is 3. The number of alkyl halides is 2. The summed E-state index contributed by atoms with van der Waals surface area (Å²) in [4.78, 5) is 8.82. The Kier molecular flexibility index (Phi) is 6.53. The van der Waals surface area contributed by atoms with Crippen LogP contribution in [0.5, 0.6) is 0 Å². The van der Waals surface area contributed by atoms with E-state index in [-0.39, 0.29) is 5.56 Å². The summed E-state index contributed by atoms with van der Waals surface area (Å²) in [6, 6.07) is 4.88. The fourth-order valence-electron chi connectivity index (χ4n) is 3.07. The SMILES string of the molecule is C=CN=C(N/C(C)=C/N1CCN(C)CC1)c1cccc(C(C)(F)F)c1C. The molecule has 0 radical (unpaired) electrons. The lowest BCUT2D eigenvalue weighted by Gasteiger charge is -2.32. The van der Waals surface area contributed by atoms with E-state index in [2.05, 4.69) is 39.9 Å². The lowest BCUT2D eigenvalue weighted by molar-refractivity contribution is 0.0168. The molecular weight excluding hydrogens is 334 g/mol. The highest BCUT2D eigenvalue weighted by atomic mass is 19.3. The molecule has 1 heterocycles. The minimum atomic E-state index is -2.90. The van der Waals surface area contributed by atoms with Crippen molar-refractivity contribution in [2.45, 2.75) is 26.7 Å². The van der Waals surface area contributed by atoms with Gasteiger partial charge in [0.05, 0.1) is 0 Å². The van der Waals surface area contributed by atoms with E-state index in [9.17, 15) is 8.78 Å². The fraction of sp³-hybridized carbons (Fsp3) is 0.450. The van der Waals surface area contributed by atoms with Gasteiger partial charge in [-0.15, -0.1) is 0 Å². The minimum absolute atomic E-state index is 0.00858. The molecule has 0 amide bonds. The molecule has 2 rings (SSSR count). The maximum absolute atomic E-state index is 13.8. The van der Waals surface area contributed by atoms with Gasteiger partial charge in [0.15, 0.2) is 0 Å². The van der Waals surface area contributed by atoms with Crippen LogP contribution in [0.25, 0.3) is 0 Å². The monoisotopic (exact) mass is 362 g/mol. The van der Waals surface area contributed by atoms with Crippen LogP contribution in [0.1, 0.15) is 30.5 Å². The maximum atomic E-state index is 13.8. The molecular formula is C20H28F2N4. The molecule has 0 aliphatic carbocycles. The molecule has 1 N–H and O–H groups in total. The van der Waals surface area contributed by atoms with Crippen LogP contribution >= 0.6 is 0 Å². The lowest BCUT2D eigenvalue weighted by Crippen LogP contribution is -2.42. The third-order valence-corrected chi connectivity index (χ3v) is 4.51. The first-order valence-electron chi connectivity index (χ1n) is 8.77. The van der Waals surface area contributed by atoms with Crippen molar-refractivity contribution in [3.8, 4) is 0 Å². The number of nitrogens with one attached hydrogen (secondary N) is 1. The minimum Gasteiger partial charge on any atom is -0.373 e. The highest BCUT2D eigenvalue weighted by molar-refractivity contribution is 6.01. The van der Waals surface area contributed by atoms with Gasteiger partial charge in [-0.1, -0.05) is 24.8 Å².